The third-order valence-corrected chi connectivity index (χ3v) is 5.23. The first-order chi connectivity index (χ1) is 14.7. The lowest BCUT2D eigenvalue weighted by Gasteiger charge is -2.21. The van der Waals surface area contributed by atoms with Gasteiger partial charge in [-0.1, -0.05) is 17.7 Å². The van der Waals surface area contributed by atoms with Crippen LogP contribution in [0, 0.1) is 0 Å². The van der Waals surface area contributed by atoms with E-state index in [0.29, 0.717) is 29.3 Å². The Morgan fingerprint density at radius 3 is 2.73 bits per heavy atom. The molecule has 2 aliphatic rings. The smallest absolute Gasteiger partial charge is 0.227 e. The van der Waals surface area contributed by atoms with E-state index in [2.05, 4.69) is 29.7 Å². The van der Waals surface area contributed by atoms with Crippen LogP contribution in [-0.4, -0.2) is 51.8 Å². The number of amidine groups is 1. The van der Waals surface area contributed by atoms with Crippen LogP contribution in [0.5, 0.6) is 0 Å². The minimum Gasteiger partial charge on any atom is -0.454 e. The van der Waals surface area contributed by atoms with Gasteiger partial charge in [-0.05, 0) is 43.2 Å². The number of ether oxygens (including phenoxy) is 1. The molecule has 9 heteroatoms. The monoisotopic (exact) mass is 421 g/mol. The van der Waals surface area contributed by atoms with E-state index in [1.165, 1.54) is 0 Å². The zero-order chi connectivity index (χ0) is 20.5. The second-order valence-electron chi connectivity index (χ2n) is 7.29. The zero-order valence-corrected chi connectivity index (χ0v) is 17.2. The summed E-state index contributed by atoms with van der Waals surface area (Å²) >= 11 is 6.10. The summed E-state index contributed by atoms with van der Waals surface area (Å²) in [5.41, 5.74) is 1.84. The van der Waals surface area contributed by atoms with Crippen molar-refractivity contribution in [1.29, 1.82) is 0 Å². The number of hydrogen-bond acceptors (Lipinski definition) is 7. The number of hydrogen-bond donors (Lipinski definition) is 0. The Kier molecular flexibility index (Phi) is 4.92. The van der Waals surface area contributed by atoms with Crippen molar-refractivity contribution in [3.05, 3.63) is 59.4 Å². The van der Waals surface area contributed by atoms with Gasteiger partial charge >= 0.3 is 0 Å². The summed E-state index contributed by atoms with van der Waals surface area (Å²) in [5, 5.41) is 9.58. The van der Waals surface area contributed by atoms with Crippen LogP contribution in [-0.2, 0) is 4.74 Å². The molecule has 0 saturated heterocycles. The molecule has 0 amide bonds. The van der Waals surface area contributed by atoms with Crippen LogP contribution in [0.2, 0.25) is 5.02 Å². The standard InChI is InChI=1S/C21H20ClN7O/c1-28(12-18-24-13-30-20(25-18)15-3-2-4-16(22)11-15)21-27-26-19(29(21)17-5-6-17)14-7-9-23-10-8-14/h2-4,7-11,17H,5-6,12-13H2,1H3. The molecule has 0 unspecified atom stereocenters. The maximum absolute atomic E-state index is 6.10. The van der Waals surface area contributed by atoms with E-state index in [4.69, 9.17) is 16.3 Å². The largest absolute Gasteiger partial charge is 0.454 e. The molecule has 0 N–H and O–H groups in total. The summed E-state index contributed by atoms with van der Waals surface area (Å²) in [6.07, 6.45) is 5.80. The van der Waals surface area contributed by atoms with Crippen molar-refractivity contribution >= 4 is 29.3 Å². The van der Waals surface area contributed by atoms with Crippen LogP contribution in [0.15, 0.2) is 58.8 Å². The summed E-state index contributed by atoms with van der Waals surface area (Å²) in [5.74, 6) is 2.86. The molecule has 1 aliphatic heterocycles. The molecule has 1 saturated carbocycles. The number of nitrogens with zero attached hydrogens (tertiary/aromatic N) is 7. The Balaban J connectivity index is 1.40. The van der Waals surface area contributed by atoms with Crippen LogP contribution in [0.3, 0.4) is 0 Å². The molecule has 0 bridgehead atoms. The van der Waals surface area contributed by atoms with Gasteiger partial charge in [-0.15, -0.1) is 10.2 Å². The number of aliphatic imine (C=N–C) groups is 2. The van der Waals surface area contributed by atoms with E-state index in [9.17, 15) is 0 Å². The third kappa shape index (κ3) is 3.78. The average Bonchev–Trinajstić information content (AvgIpc) is 3.52. The Labute approximate surface area is 178 Å². The molecule has 0 radical (unpaired) electrons. The molecule has 3 aromatic rings. The lowest BCUT2D eigenvalue weighted by atomic mass is 10.2. The van der Waals surface area contributed by atoms with Gasteiger partial charge in [0.2, 0.25) is 11.8 Å². The SMILES string of the molecule is CN(CC1=NCOC(c2cccc(Cl)c2)=N1)c1nnc(-c2ccncc2)n1C1CC1. The lowest BCUT2D eigenvalue weighted by Crippen LogP contribution is -2.30. The maximum atomic E-state index is 6.10. The van der Waals surface area contributed by atoms with Gasteiger partial charge in [0, 0.05) is 41.6 Å². The summed E-state index contributed by atoms with van der Waals surface area (Å²) < 4.78 is 7.82. The highest BCUT2D eigenvalue weighted by Crippen LogP contribution is 2.40. The van der Waals surface area contributed by atoms with Crippen molar-refractivity contribution in [2.45, 2.75) is 18.9 Å². The van der Waals surface area contributed by atoms with Gasteiger partial charge in [0.1, 0.15) is 0 Å². The Morgan fingerprint density at radius 2 is 1.97 bits per heavy atom. The van der Waals surface area contributed by atoms with Crippen molar-refractivity contribution in [2.75, 3.05) is 25.2 Å². The van der Waals surface area contributed by atoms with Crippen molar-refractivity contribution in [3.8, 4) is 11.4 Å². The summed E-state index contributed by atoms with van der Waals surface area (Å²) in [6.45, 7) is 0.723. The van der Waals surface area contributed by atoms with E-state index in [1.54, 1.807) is 12.4 Å². The Hall–Kier alpha value is -3.26. The molecule has 152 valence electrons. The highest BCUT2D eigenvalue weighted by atomic mass is 35.5. The number of benzene rings is 1. The van der Waals surface area contributed by atoms with Crippen LogP contribution in [0.25, 0.3) is 11.4 Å². The maximum Gasteiger partial charge on any atom is 0.227 e. The number of aromatic nitrogens is 4. The van der Waals surface area contributed by atoms with E-state index < -0.39 is 0 Å². The van der Waals surface area contributed by atoms with Gasteiger partial charge in [0.05, 0.1) is 6.54 Å². The molecule has 2 aromatic heterocycles. The van der Waals surface area contributed by atoms with E-state index in [0.717, 1.165) is 35.7 Å². The van der Waals surface area contributed by atoms with E-state index in [1.807, 2.05) is 48.3 Å². The van der Waals surface area contributed by atoms with Gasteiger partial charge in [-0.2, -0.15) is 4.99 Å². The van der Waals surface area contributed by atoms with Crippen LogP contribution in [0.4, 0.5) is 5.95 Å². The van der Waals surface area contributed by atoms with E-state index in [-0.39, 0.29) is 6.73 Å². The first-order valence-electron chi connectivity index (χ1n) is 9.76. The van der Waals surface area contributed by atoms with Crippen LogP contribution >= 0.6 is 11.6 Å². The highest BCUT2D eigenvalue weighted by molar-refractivity contribution is 6.31. The zero-order valence-electron chi connectivity index (χ0n) is 16.4. The van der Waals surface area contributed by atoms with Gasteiger partial charge in [-0.25, -0.2) is 4.99 Å². The summed E-state index contributed by atoms with van der Waals surface area (Å²) in [4.78, 5) is 15.1. The quantitative estimate of drug-likeness (QED) is 0.607. The second-order valence-corrected chi connectivity index (χ2v) is 7.73. The molecule has 1 aliphatic carbocycles. The number of likely N-dealkylation sites (N-methyl/N-ethyl adjacent to an activating group) is 1. The van der Waals surface area contributed by atoms with Gasteiger partial charge in [0.25, 0.3) is 0 Å². The Bertz CT molecular complexity index is 1120. The number of anilines is 1. The normalized spacial score (nSPS) is 15.9. The third-order valence-electron chi connectivity index (χ3n) is 5.00. The molecule has 1 fully saturated rings. The summed E-state index contributed by atoms with van der Waals surface area (Å²) in [6, 6.07) is 11.8. The topological polar surface area (TPSA) is 80.8 Å². The molecular formula is C21H20ClN7O. The molecule has 0 atom stereocenters. The first kappa shape index (κ1) is 18.7. The van der Waals surface area contributed by atoms with E-state index >= 15 is 0 Å². The molecule has 30 heavy (non-hydrogen) atoms. The van der Waals surface area contributed by atoms with Gasteiger partial charge in [-0.3, -0.25) is 9.55 Å². The number of rotatable bonds is 6. The molecule has 5 rings (SSSR count). The van der Waals surface area contributed by atoms with Crippen LogP contribution < -0.4 is 4.90 Å². The molecule has 3 heterocycles. The fraction of sp³-hybridized carbons (Fsp3) is 0.286. The second kappa shape index (κ2) is 7.87. The molecule has 0 spiro atoms. The van der Waals surface area contributed by atoms with Crippen LogP contribution in [0.1, 0.15) is 24.4 Å². The molecule has 8 nitrogen and oxygen atoms in total. The lowest BCUT2D eigenvalue weighted by molar-refractivity contribution is 0.314. The number of halogens is 1. The Morgan fingerprint density at radius 1 is 1.13 bits per heavy atom. The van der Waals surface area contributed by atoms with Crippen molar-refractivity contribution < 1.29 is 4.74 Å². The summed E-state index contributed by atoms with van der Waals surface area (Å²) in [7, 11) is 1.98. The minimum atomic E-state index is 0.228. The fourth-order valence-electron chi connectivity index (χ4n) is 3.40. The average molecular weight is 422 g/mol. The van der Waals surface area contributed by atoms with Crippen molar-refractivity contribution in [2.24, 2.45) is 9.98 Å². The van der Waals surface area contributed by atoms with Gasteiger partial charge in [0.15, 0.2) is 18.4 Å². The number of pyridine rings is 1. The predicted octanol–water partition coefficient (Wildman–Crippen LogP) is 3.60. The minimum absolute atomic E-state index is 0.228. The predicted molar refractivity (Wildman–Crippen MR) is 116 cm³/mol. The van der Waals surface area contributed by atoms with Crippen molar-refractivity contribution in [1.82, 2.24) is 19.7 Å². The highest BCUT2D eigenvalue weighted by Gasteiger charge is 2.31. The fourth-order valence-corrected chi connectivity index (χ4v) is 3.59. The molecular weight excluding hydrogens is 402 g/mol. The molecule has 1 aromatic carbocycles. The van der Waals surface area contributed by atoms with Gasteiger partial charge < -0.3 is 9.64 Å². The van der Waals surface area contributed by atoms with Crippen molar-refractivity contribution in [3.63, 3.8) is 0 Å². The first-order valence-corrected chi connectivity index (χ1v) is 10.1.